The van der Waals surface area contributed by atoms with Crippen LogP contribution in [0.15, 0.2) is 78.3 Å². The van der Waals surface area contributed by atoms with Gasteiger partial charge < -0.3 is 9.47 Å². The number of methoxy groups -OCH3 is 1. The molecular formula is C23H23N5O2S. The number of benzene rings is 1. The molecule has 4 rings (SSSR count). The van der Waals surface area contributed by atoms with E-state index in [1.807, 2.05) is 42.5 Å². The monoisotopic (exact) mass is 433 g/mol. The van der Waals surface area contributed by atoms with E-state index < -0.39 is 0 Å². The average Bonchev–Trinajstić information content (AvgIpc) is 3.24. The van der Waals surface area contributed by atoms with Crippen molar-refractivity contribution in [3.8, 4) is 17.1 Å². The first-order chi connectivity index (χ1) is 15.3. The van der Waals surface area contributed by atoms with Gasteiger partial charge in [0, 0.05) is 37.0 Å². The maximum Gasteiger partial charge on any atom is 0.191 e. The van der Waals surface area contributed by atoms with Crippen molar-refractivity contribution in [1.82, 2.24) is 24.7 Å². The maximum atomic E-state index is 5.81. The summed E-state index contributed by atoms with van der Waals surface area (Å²) in [7, 11) is 1.70. The van der Waals surface area contributed by atoms with Crippen molar-refractivity contribution in [3.63, 3.8) is 0 Å². The minimum atomic E-state index is 0.454. The lowest BCUT2D eigenvalue weighted by Gasteiger charge is -2.10. The Morgan fingerprint density at radius 2 is 1.77 bits per heavy atom. The van der Waals surface area contributed by atoms with Gasteiger partial charge in [-0.3, -0.25) is 14.5 Å². The molecule has 0 aliphatic carbocycles. The van der Waals surface area contributed by atoms with Crippen LogP contribution in [0.5, 0.6) is 5.75 Å². The molecular weight excluding hydrogens is 410 g/mol. The molecule has 0 radical (unpaired) electrons. The Hall–Kier alpha value is -3.23. The molecule has 3 aromatic heterocycles. The summed E-state index contributed by atoms with van der Waals surface area (Å²) in [6, 6.07) is 17.8. The van der Waals surface area contributed by atoms with Crippen LogP contribution in [-0.4, -0.2) is 38.4 Å². The number of hydrogen-bond acceptors (Lipinski definition) is 7. The van der Waals surface area contributed by atoms with Crippen LogP contribution in [0.4, 0.5) is 0 Å². The maximum absolute atomic E-state index is 5.81. The van der Waals surface area contributed by atoms with Gasteiger partial charge in [0.25, 0.3) is 0 Å². The van der Waals surface area contributed by atoms with Gasteiger partial charge in [-0.1, -0.05) is 30.0 Å². The molecule has 0 N–H and O–H groups in total. The van der Waals surface area contributed by atoms with Crippen molar-refractivity contribution >= 4 is 11.8 Å². The van der Waals surface area contributed by atoms with Crippen LogP contribution in [0.3, 0.4) is 0 Å². The van der Waals surface area contributed by atoms with Crippen molar-refractivity contribution < 1.29 is 9.47 Å². The molecule has 8 heteroatoms. The summed E-state index contributed by atoms with van der Waals surface area (Å²) in [6.45, 7) is 1.73. The fraction of sp³-hybridized carbons (Fsp3) is 0.217. The summed E-state index contributed by atoms with van der Waals surface area (Å²) in [4.78, 5) is 8.35. The first-order valence-electron chi connectivity index (χ1n) is 9.90. The SMILES string of the molecule is COCCn1c(SCc2ccc(OCc3ccccn3)cc2)nnc1-c1ccncc1. The van der Waals surface area contributed by atoms with E-state index in [2.05, 4.69) is 36.9 Å². The van der Waals surface area contributed by atoms with Crippen LogP contribution in [-0.2, 0) is 23.6 Å². The van der Waals surface area contributed by atoms with Crippen LogP contribution in [0.1, 0.15) is 11.3 Å². The Morgan fingerprint density at radius 1 is 0.935 bits per heavy atom. The van der Waals surface area contributed by atoms with Crippen molar-refractivity contribution in [3.05, 3.63) is 84.4 Å². The lowest BCUT2D eigenvalue weighted by atomic mass is 10.2. The topological polar surface area (TPSA) is 75.0 Å². The van der Waals surface area contributed by atoms with Gasteiger partial charge >= 0.3 is 0 Å². The molecule has 0 fully saturated rings. The van der Waals surface area contributed by atoms with Gasteiger partial charge in [-0.2, -0.15) is 0 Å². The van der Waals surface area contributed by atoms with Gasteiger partial charge in [0.2, 0.25) is 0 Å². The van der Waals surface area contributed by atoms with Crippen LogP contribution in [0, 0.1) is 0 Å². The van der Waals surface area contributed by atoms with Gasteiger partial charge in [-0.25, -0.2) is 0 Å². The van der Waals surface area contributed by atoms with Gasteiger partial charge in [0.15, 0.2) is 11.0 Å². The average molecular weight is 434 g/mol. The van der Waals surface area contributed by atoms with Crippen LogP contribution < -0.4 is 4.74 Å². The first kappa shape index (κ1) is 21.0. The highest BCUT2D eigenvalue weighted by molar-refractivity contribution is 7.98. The lowest BCUT2D eigenvalue weighted by molar-refractivity contribution is 0.185. The molecule has 0 aliphatic heterocycles. The number of aromatic nitrogens is 5. The van der Waals surface area contributed by atoms with Crippen molar-refractivity contribution in [2.24, 2.45) is 0 Å². The van der Waals surface area contributed by atoms with E-state index in [-0.39, 0.29) is 0 Å². The molecule has 0 bridgehead atoms. The zero-order valence-electron chi connectivity index (χ0n) is 17.2. The van der Waals surface area contributed by atoms with Crippen molar-refractivity contribution in [2.75, 3.05) is 13.7 Å². The van der Waals surface area contributed by atoms with Crippen LogP contribution >= 0.6 is 11.8 Å². The van der Waals surface area contributed by atoms with Gasteiger partial charge in [-0.05, 0) is 42.0 Å². The van der Waals surface area contributed by atoms with E-state index in [1.54, 1.807) is 37.5 Å². The number of thioether (sulfide) groups is 1. The van der Waals surface area contributed by atoms with Crippen molar-refractivity contribution in [2.45, 2.75) is 24.1 Å². The number of pyridine rings is 2. The molecule has 7 nitrogen and oxygen atoms in total. The second-order valence-corrected chi connectivity index (χ2v) is 7.67. The number of ether oxygens (including phenoxy) is 2. The predicted octanol–water partition coefficient (Wildman–Crippen LogP) is 4.25. The smallest absolute Gasteiger partial charge is 0.191 e. The fourth-order valence-corrected chi connectivity index (χ4v) is 3.89. The third-order valence-electron chi connectivity index (χ3n) is 4.58. The first-order valence-corrected chi connectivity index (χ1v) is 10.9. The molecule has 4 aromatic rings. The molecule has 0 aliphatic rings. The summed E-state index contributed by atoms with van der Waals surface area (Å²) < 4.78 is 13.2. The Balaban J connectivity index is 1.40. The van der Waals surface area contributed by atoms with Crippen molar-refractivity contribution in [1.29, 1.82) is 0 Å². The molecule has 0 unspecified atom stereocenters. The third-order valence-corrected chi connectivity index (χ3v) is 5.62. The predicted molar refractivity (Wildman–Crippen MR) is 120 cm³/mol. The minimum Gasteiger partial charge on any atom is -0.487 e. The lowest BCUT2D eigenvalue weighted by Crippen LogP contribution is -2.07. The summed E-state index contributed by atoms with van der Waals surface area (Å²) in [5.41, 5.74) is 3.07. The largest absolute Gasteiger partial charge is 0.487 e. The molecule has 1 aromatic carbocycles. The molecule has 0 spiro atoms. The number of rotatable bonds is 10. The Kier molecular flexibility index (Phi) is 7.25. The third kappa shape index (κ3) is 5.68. The number of hydrogen-bond donors (Lipinski definition) is 0. The highest BCUT2D eigenvalue weighted by Crippen LogP contribution is 2.27. The van der Waals surface area contributed by atoms with E-state index in [4.69, 9.17) is 9.47 Å². The van der Waals surface area contributed by atoms with Gasteiger partial charge in [0.1, 0.15) is 12.4 Å². The molecule has 0 atom stereocenters. The Morgan fingerprint density at radius 3 is 2.52 bits per heavy atom. The van der Waals surface area contributed by atoms with E-state index in [9.17, 15) is 0 Å². The highest BCUT2D eigenvalue weighted by Gasteiger charge is 2.14. The van der Waals surface area contributed by atoms with E-state index in [0.717, 1.165) is 33.7 Å². The van der Waals surface area contributed by atoms with Gasteiger partial charge in [0.05, 0.1) is 18.8 Å². The molecule has 0 saturated heterocycles. The minimum absolute atomic E-state index is 0.454. The molecule has 158 valence electrons. The van der Waals surface area contributed by atoms with Gasteiger partial charge in [-0.15, -0.1) is 10.2 Å². The molecule has 0 amide bonds. The second kappa shape index (κ2) is 10.7. The van der Waals surface area contributed by atoms with Crippen LogP contribution in [0.25, 0.3) is 11.4 Å². The molecule has 3 heterocycles. The fourth-order valence-electron chi connectivity index (χ4n) is 2.96. The van der Waals surface area contributed by atoms with E-state index >= 15 is 0 Å². The molecule has 0 saturated carbocycles. The molecule has 31 heavy (non-hydrogen) atoms. The summed E-state index contributed by atoms with van der Waals surface area (Å²) in [5, 5.41) is 9.67. The Labute approximate surface area is 185 Å². The zero-order chi connectivity index (χ0) is 21.3. The summed E-state index contributed by atoms with van der Waals surface area (Å²) >= 11 is 1.65. The zero-order valence-corrected chi connectivity index (χ0v) is 18.0. The van der Waals surface area contributed by atoms with E-state index in [0.29, 0.717) is 19.8 Å². The quantitative estimate of drug-likeness (QED) is 0.346. The second-order valence-electron chi connectivity index (χ2n) is 6.73. The summed E-state index contributed by atoms with van der Waals surface area (Å²) in [6.07, 6.45) is 5.29. The van der Waals surface area contributed by atoms with E-state index in [1.165, 1.54) is 5.56 Å². The van der Waals surface area contributed by atoms with Crippen LogP contribution in [0.2, 0.25) is 0 Å². The highest BCUT2D eigenvalue weighted by atomic mass is 32.2. The Bertz CT molecular complexity index is 1070. The summed E-state index contributed by atoms with van der Waals surface area (Å²) in [5.74, 6) is 2.42. The number of nitrogens with zero attached hydrogens (tertiary/aromatic N) is 5. The normalized spacial score (nSPS) is 10.9. The standard InChI is InChI=1S/C23H23N5O2S/c1-29-15-14-28-22(19-9-12-24-13-10-19)26-27-23(28)31-17-18-5-7-21(8-6-18)30-16-20-4-2-3-11-25-20/h2-13H,14-17H2,1H3.